The number of aliphatic hydroxyl groups is 1. The van der Waals surface area contributed by atoms with Crippen LogP contribution in [0, 0.1) is 0 Å². The van der Waals surface area contributed by atoms with Crippen LogP contribution in [-0.2, 0) is 6.54 Å². The SMILES string of the molecule is COc1ccccc1O[C@@H]1CN(Cc2ccccc2)C[C@H]1O. The number of ether oxygens (including phenoxy) is 2. The molecule has 0 bridgehead atoms. The van der Waals surface area contributed by atoms with Crippen molar-refractivity contribution in [2.24, 2.45) is 0 Å². The van der Waals surface area contributed by atoms with Gasteiger partial charge in [-0.15, -0.1) is 0 Å². The van der Waals surface area contributed by atoms with E-state index in [1.807, 2.05) is 42.5 Å². The summed E-state index contributed by atoms with van der Waals surface area (Å²) in [6.45, 7) is 2.15. The van der Waals surface area contributed by atoms with E-state index in [-0.39, 0.29) is 6.10 Å². The zero-order valence-electron chi connectivity index (χ0n) is 12.7. The second kappa shape index (κ2) is 6.81. The van der Waals surface area contributed by atoms with Crippen molar-refractivity contribution >= 4 is 0 Å². The van der Waals surface area contributed by atoms with E-state index in [9.17, 15) is 5.11 Å². The third-order valence-corrected chi connectivity index (χ3v) is 3.91. The second-order valence-corrected chi connectivity index (χ2v) is 5.55. The van der Waals surface area contributed by atoms with Gasteiger partial charge in [0.05, 0.1) is 7.11 Å². The quantitative estimate of drug-likeness (QED) is 0.920. The lowest BCUT2D eigenvalue weighted by atomic mass is 10.2. The lowest BCUT2D eigenvalue weighted by Gasteiger charge is -2.18. The molecule has 3 rings (SSSR count). The highest BCUT2D eigenvalue weighted by atomic mass is 16.5. The summed E-state index contributed by atoms with van der Waals surface area (Å²) in [4.78, 5) is 2.21. The number of aliphatic hydroxyl groups excluding tert-OH is 1. The Kier molecular flexibility index (Phi) is 4.61. The third kappa shape index (κ3) is 3.40. The first kappa shape index (κ1) is 14.9. The van der Waals surface area contributed by atoms with Gasteiger partial charge in [-0.1, -0.05) is 42.5 Å². The number of β-amino-alcohol motifs (C(OH)–C–C–N with tert-alkyl or cyclic N) is 1. The van der Waals surface area contributed by atoms with Crippen molar-refractivity contribution in [1.29, 1.82) is 0 Å². The molecule has 1 aliphatic heterocycles. The van der Waals surface area contributed by atoms with Crippen LogP contribution < -0.4 is 9.47 Å². The number of para-hydroxylation sites is 2. The molecule has 1 fully saturated rings. The fraction of sp³-hybridized carbons (Fsp3) is 0.333. The van der Waals surface area contributed by atoms with Crippen molar-refractivity contribution in [3.05, 3.63) is 60.2 Å². The Hall–Kier alpha value is -2.04. The summed E-state index contributed by atoms with van der Waals surface area (Å²) in [5.41, 5.74) is 1.24. The van der Waals surface area contributed by atoms with E-state index in [1.54, 1.807) is 7.11 Å². The van der Waals surface area contributed by atoms with E-state index < -0.39 is 6.10 Å². The summed E-state index contributed by atoms with van der Waals surface area (Å²) in [5.74, 6) is 1.37. The molecule has 4 heteroatoms. The molecule has 0 spiro atoms. The molecule has 0 unspecified atom stereocenters. The minimum Gasteiger partial charge on any atom is -0.493 e. The first-order valence-electron chi connectivity index (χ1n) is 7.50. The van der Waals surface area contributed by atoms with E-state index in [2.05, 4.69) is 17.0 Å². The Morgan fingerprint density at radius 1 is 1.00 bits per heavy atom. The Balaban J connectivity index is 1.63. The standard InChI is InChI=1S/C18H21NO3/c1-21-16-9-5-6-10-17(16)22-18-13-19(12-15(18)20)11-14-7-3-2-4-8-14/h2-10,15,18,20H,11-13H2,1H3/t15-,18-/m1/s1. The number of likely N-dealkylation sites (tertiary alicyclic amines) is 1. The normalized spacial score (nSPS) is 21.7. The monoisotopic (exact) mass is 299 g/mol. The van der Waals surface area contributed by atoms with Gasteiger partial charge in [0.15, 0.2) is 11.5 Å². The molecule has 1 heterocycles. The van der Waals surface area contributed by atoms with E-state index in [4.69, 9.17) is 9.47 Å². The predicted octanol–water partition coefficient (Wildman–Crippen LogP) is 2.32. The van der Waals surface area contributed by atoms with Crippen LogP contribution in [0.1, 0.15) is 5.56 Å². The zero-order valence-corrected chi connectivity index (χ0v) is 12.7. The van der Waals surface area contributed by atoms with Crippen molar-refractivity contribution in [2.75, 3.05) is 20.2 Å². The number of benzene rings is 2. The molecule has 1 N–H and O–H groups in total. The molecule has 2 aromatic carbocycles. The molecule has 22 heavy (non-hydrogen) atoms. The minimum absolute atomic E-state index is 0.236. The van der Waals surface area contributed by atoms with Crippen LogP contribution in [0.4, 0.5) is 0 Å². The highest BCUT2D eigenvalue weighted by Crippen LogP contribution is 2.29. The third-order valence-electron chi connectivity index (χ3n) is 3.91. The summed E-state index contributed by atoms with van der Waals surface area (Å²) < 4.78 is 11.3. The molecule has 0 saturated carbocycles. The summed E-state index contributed by atoms with van der Waals surface area (Å²) in [6, 6.07) is 17.8. The lowest BCUT2D eigenvalue weighted by Crippen LogP contribution is -2.30. The largest absolute Gasteiger partial charge is 0.493 e. The average Bonchev–Trinajstić information content (AvgIpc) is 2.88. The molecular weight excluding hydrogens is 278 g/mol. The Bertz CT molecular complexity index is 602. The van der Waals surface area contributed by atoms with Crippen LogP contribution in [-0.4, -0.2) is 42.4 Å². The van der Waals surface area contributed by atoms with Gasteiger partial charge in [-0.05, 0) is 17.7 Å². The first-order chi connectivity index (χ1) is 10.8. The van der Waals surface area contributed by atoms with Crippen LogP contribution in [0.5, 0.6) is 11.5 Å². The molecule has 1 saturated heterocycles. The fourth-order valence-corrected chi connectivity index (χ4v) is 2.80. The summed E-state index contributed by atoms with van der Waals surface area (Å²) in [5, 5.41) is 10.3. The Morgan fingerprint density at radius 3 is 2.41 bits per heavy atom. The molecular formula is C18H21NO3. The lowest BCUT2D eigenvalue weighted by molar-refractivity contribution is 0.0717. The molecule has 2 aromatic rings. The topological polar surface area (TPSA) is 41.9 Å². The number of rotatable bonds is 5. The van der Waals surface area contributed by atoms with Gasteiger partial charge in [-0.3, -0.25) is 4.90 Å². The van der Waals surface area contributed by atoms with Gasteiger partial charge in [0.25, 0.3) is 0 Å². The zero-order chi connectivity index (χ0) is 15.4. The van der Waals surface area contributed by atoms with Crippen molar-refractivity contribution in [2.45, 2.75) is 18.8 Å². The molecule has 116 valence electrons. The van der Waals surface area contributed by atoms with Crippen molar-refractivity contribution in [1.82, 2.24) is 4.90 Å². The predicted molar refractivity (Wildman–Crippen MR) is 85.1 cm³/mol. The number of methoxy groups -OCH3 is 1. The van der Waals surface area contributed by atoms with Crippen molar-refractivity contribution < 1.29 is 14.6 Å². The molecule has 0 radical (unpaired) electrons. The van der Waals surface area contributed by atoms with E-state index in [0.29, 0.717) is 24.6 Å². The molecule has 0 aromatic heterocycles. The molecule has 0 amide bonds. The maximum absolute atomic E-state index is 10.3. The minimum atomic E-state index is -0.492. The van der Waals surface area contributed by atoms with Crippen LogP contribution >= 0.6 is 0 Å². The highest BCUT2D eigenvalue weighted by molar-refractivity contribution is 5.39. The van der Waals surface area contributed by atoms with E-state index >= 15 is 0 Å². The van der Waals surface area contributed by atoms with Crippen LogP contribution in [0.25, 0.3) is 0 Å². The van der Waals surface area contributed by atoms with Gasteiger partial charge in [-0.2, -0.15) is 0 Å². The van der Waals surface area contributed by atoms with E-state index in [1.165, 1.54) is 5.56 Å². The van der Waals surface area contributed by atoms with Gasteiger partial charge in [0, 0.05) is 19.6 Å². The summed E-state index contributed by atoms with van der Waals surface area (Å²) in [7, 11) is 1.62. The Labute approximate surface area is 130 Å². The van der Waals surface area contributed by atoms with E-state index in [0.717, 1.165) is 6.54 Å². The molecule has 4 nitrogen and oxygen atoms in total. The van der Waals surface area contributed by atoms with Crippen LogP contribution in [0.15, 0.2) is 54.6 Å². The highest BCUT2D eigenvalue weighted by Gasteiger charge is 2.33. The van der Waals surface area contributed by atoms with Gasteiger partial charge in [0.1, 0.15) is 12.2 Å². The summed E-state index contributed by atoms with van der Waals surface area (Å²) >= 11 is 0. The van der Waals surface area contributed by atoms with Crippen LogP contribution in [0.2, 0.25) is 0 Å². The second-order valence-electron chi connectivity index (χ2n) is 5.55. The first-order valence-corrected chi connectivity index (χ1v) is 7.50. The van der Waals surface area contributed by atoms with Crippen molar-refractivity contribution in [3.8, 4) is 11.5 Å². The average molecular weight is 299 g/mol. The molecule has 2 atom stereocenters. The fourth-order valence-electron chi connectivity index (χ4n) is 2.80. The van der Waals surface area contributed by atoms with Gasteiger partial charge in [-0.25, -0.2) is 0 Å². The van der Waals surface area contributed by atoms with Gasteiger partial charge >= 0.3 is 0 Å². The number of hydrogen-bond acceptors (Lipinski definition) is 4. The van der Waals surface area contributed by atoms with Gasteiger partial charge in [0.2, 0.25) is 0 Å². The maximum Gasteiger partial charge on any atom is 0.161 e. The van der Waals surface area contributed by atoms with Crippen molar-refractivity contribution in [3.63, 3.8) is 0 Å². The number of hydrogen-bond donors (Lipinski definition) is 1. The van der Waals surface area contributed by atoms with Crippen LogP contribution in [0.3, 0.4) is 0 Å². The maximum atomic E-state index is 10.3. The smallest absolute Gasteiger partial charge is 0.161 e. The Morgan fingerprint density at radius 2 is 1.68 bits per heavy atom. The molecule has 1 aliphatic rings. The van der Waals surface area contributed by atoms with Gasteiger partial charge < -0.3 is 14.6 Å². The number of nitrogens with zero attached hydrogens (tertiary/aromatic N) is 1. The molecule has 0 aliphatic carbocycles. The summed E-state index contributed by atoms with van der Waals surface area (Å²) in [6.07, 6.45) is -0.728.